The van der Waals surface area contributed by atoms with Gasteiger partial charge in [0.25, 0.3) is 5.69 Å². The molecule has 27 heavy (non-hydrogen) atoms. The Morgan fingerprint density at radius 2 is 1.85 bits per heavy atom. The Balaban J connectivity index is 1.64. The van der Waals surface area contributed by atoms with Crippen LogP contribution in [0.25, 0.3) is 10.8 Å². The number of nitrogens with zero attached hydrogens (tertiary/aromatic N) is 1. The van der Waals surface area contributed by atoms with E-state index in [1.54, 1.807) is 13.0 Å². The molecule has 0 aromatic heterocycles. The minimum absolute atomic E-state index is 0.000178. The molecule has 6 nitrogen and oxygen atoms in total. The van der Waals surface area contributed by atoms with E-state index in [1.165, 1.54) is 12.1 Å². The van der Waals surface area contributed by atoms with Crippen LogP contribution in [0.2, 0.25) is 0 Å². The Morgan fingerprint density at radius 3 is 2.59 bits per heavy atom. The number of non-ortho nitro benzene ring substituents is 1. The molecule has 0 bridgehead atoms. The number of hydrogen-bond donors (Lipinski definition) is 2. The molecule has 2 N–H and O–H groups in total. The van der Waals surface area contributed by atoms with Crippen molar-refractivity contribution in [3.05, 3.63) is 81.9 Å². The monoisotopic (exact) mass is 363 g/mol. The highest BCUT2D eigenvalue weighted by molar-refractivity contribution is 5.93. The molecule has 0 saturated carbocycles. The summed E-state index contributed by atoms with van der Waals surface area (Å²) < 4.78 is 0. The number of anilines is 1. The third-order valence-electron chi connectivity index (χ3n) is 4.55. The molecule has 0 aliphatic carbocycles. The van der Waals surface area contributed by atoms with Crippen molar-refractivity contribution in [3.63, 3.8) is 0 Å². The average molecular weight is 363 g/mol. The van der Waals surface area contributed by atoms with Crippen LogP contribution >= 0.6 is 0 Å². The lowest BCUT2D eigenvalue weighted by molar-refractivity contribution is -0.384. The quantitative estimate of drug-likeness (QED) is 0.504. The summed E-state index contributed by atoms with van der Waals surface area (Å²) >= 11 is 0. The number of rotatable bonds is 6. The zero-order valence-corrected chi connectivity index (χ0v) is 15.2. The van der Waals surface area contributed by atoms with E-state index >= 15 is 0 Å². The fourth-order valence-electron chi connectivity index (χ4n) is 3.08. The third kappa shape index (κ3) is 4.30. The minimum atomic E-state index is -0.452. The second-order valence-corrected chi connectivity index (χ2v) is 6.48. The number of aryl methyl sites for hydroxylation is 1. The maximum Gasteiger partial charge on any atom is 0.269 e. The number of benzene rings is 3. The molecular weight excluding hydrogens is 342 g/mol. The molecule has 0 unspecified atom stereocenters. The molecule has 0 spiro atoms. The number of hydrogen-bond acceptors (Lipinski definition) is 4. The highest BCUT2D eigenvalue weighted by atomic mass is 16.6. The van der Waals surface area contributed by atoms with Gasteiger partial charge in [0.2, 0.25) is 5.91 Å². The van der Waals surface area contributed by atoms with Crippen molar-refractivity contribution in [2.24, 2.45) is 0 Å². The van der Waals surface area contributed by atoms with Gasteiger partial charge in [-0.15, -0.1) is 0 Å². The molecule has 1 atom stereocenters. The zero-order chi connectivity index (χ0) is 19.4. The van der Waals surface area contributed by atoms with E-state index in [1.807, 2.05) is 25.1 Å². The van der Waals surface area contributed by atoms with Crippen LogP contribution in [0, 0.1) is 17.0 Å². The van der Waals surface area contributed by atoms with Crippen molar-refractivity contribution >= 4 is 28.1 Å². The van der Waals surface area contributed by atoms with Crippen LogP contribution in [0.15, 0.2) is 60.7 Å². The number of nitro benzene ring substituents is 1. The number of carbonyl (C=O) groups is 1. The first-order valence-electron chi connectivity index (χ1n) is 8.71. The SMILES string of the molecule is Cc1cc([N+](=O)[O-])ccc1NC(=O)CN[C@H](C)c1cccc2ccccc12. The van der Waals surface area contributed by atoms with E-state index in [4.69, 9.17) is 0 Å². The summed E-state index contributed by atoms with van der Waals surface area (Å²) in [7, 11) is 0. The van der Waals surface area contributed by atoms with Gasteiger partial charge >= 0.3 is 0 Å². The van der Waals surface area contributed by atoms with Crippen LogP contribution in [-0.4, -0.2) is 17.4 Å². The molecule has 1 amide bonds. The Kier molecular flexibility index (Phi) is 5.47. The smallest absolute Gasteiger partial charge is 0.269 e. The summed E-state index contributed by atoms with van der Waals surface area (Å²) in [4.78, 5) is 22.6. The summed E-state index contributed by atoms with van der Waals surface area (Å²) in [5.41, 5.74) is 2.37. The lowest BCUT2D eigenvalue weighted by atomic mass is 10.00. The van der Waals surface area contributed by atoms with E-state index in [9.17, 15) is 14.9 Å². The first-order chi connectivity index (χ1) is 13.0. The molecule has 0 heterocycles. The first kappa shape index (κ1) is 18.5. The predicted molar refractivity (Wildman–Crippen MR) is 107 cm³/mol. The molecule has 0 fully saturated rings. The molecule has 138 valence electrons. The van der Waals surface area contributed by atoms with E-state index in [-0.39, 0.29) is 24.2 Å². The Hall–Kier alpha value is -3.25. The van der Waals surface area contributed by atoms with Crippen LogP contribution in [-0.2, 0) is 4.79 Å². The van der Waals surface area contributed by atoms with Gasteiger partial charge in [-0.05, 0) is 41.8 Å². The summed E-state index contributed by atoms with van der Waals surface area (Å²) in [6.07, 6.45) is 0. The lowest BCUT2D eigenvalue weighted by Crippen LogP contribution is -2.30. The largest absolute Gasteiger partial charge is 0.325 e. The molecule has 0 aliphatic rings. The molecule has 3 aromatic carbocycles. The molecular formula is C21H21N3O3. The summed E-state index contributed by atoms with van der Waals surface area (Å²) in [5.74, 6) is -0.195. The fourth-order valence-corrected chi connectivity index (χ4v) is 3.08. The minimum Gasteiger partial charge on any atom is -0.325 e. The van der Waals surface area contributed by atoms with Gasteiger partial charge in [0.15, 0.2) is 0 Å². The number of nitrogens with one attached hydrogen (secondary N) is 2. The van der Waals surface area contributed by atoms with E-state index < -0.39 is 4.92 Å². The van der Waals surface area contributed by atoms with Crippen molar-refractivity contribution in [2.45, 2.75) is 19.9 Å². The normalized spacial score (nSPS) is 11.9. The average Bonchev–Trinajstić information content (AvgIpc) is 2.67. The standard InChI is InChI=1S/C21H21N3O3/c1-14-12-17(24(26)27)10-11-20(14)23-21(25)13-22-15(2)18-9-5-7-16-6-3-4-8-19(16)18/h3-12,15,22H,13H2,1-2H3,(H,23,25)/t15-/m1/s1. The van der Waals surface area contributed by atoms with Gasteiger partial charge in [0.05, 0.1) is 11.5 Å². The van der Waals surface area contributed by atoms with E-state index in [0.29, 0.717) is 11.3 Å². The Bertz CT molecular complexity index is 996. The highest BCUT2D eigenvalue weighted by Gasteiger charge is 2.13. The van der Waals surface area contributed by atoms with Gasteiger partial charge in [-0.2, -0.15) is 0 Å². The third-order valence-corrected chi connectivity index (χ3v) is 4.55. The van der Waals surface area contributed by atoms with Crippen molar-refractivity contribution in [3.8, 4) is 0 Å². The summed E-state index contributed by atoms with van der Waals surface area (Å²) in [5, 5.41) is 19.2. The van der Waals surface area contributed by atoms with Crippen LogP contribution in [0.5, 0.6) is 0 Å². The Labute approximate surface area is 157 Å². The number of carbonyl (C=O) groups excluding carboxylic acids is 1. The summed E-state index contributed by atoms with van der Waals surface area (Å²) in [6.45, 7) is 3.89. The van der Waals surface area contributed by atoms with Gasteiger partial charge in [0.1, 0.15) is 0 Å². The molecule has 0 aliphatic heterocycles. The number of fused-ring (bicyclic) bond motifs is 1. The fraction of sp³-hybridized carbons (Fsp3) is 0.190. The van der Waals surface area contributed by atoms with Crippen LogP contribution in [0.3, 0.4) is 0 Å². The number of nitro groups is 1. The van der Waals surface area contributed by atoms with Gasteiger partial charge < -0.3 is 10.6 Å². The van der Waals surface area contributed by atoms with E-state index in [2.05, 4.69) is 34.9 Å². The van der Waals surface area contributed by atoms with Crippen molar-refractivity contribution < 1.29 is 9.72 Å². The maximum absolute atomic E-state index is 12.3. The predicted octanol–water partition coefficient (Wildman–Crippen LogP) is 4.35. The molecule has 3 aromatic rings. The van der Waals surface area contributed by atoms with Crippen molar-refractivity contribution in [1.29, 1.82) is 0 Å². The van der Waals surface area contributed by atoms with Crippen LogP contribution < -0.4 is 10.6 Å². The molecule has 0 radical (unpaired) electrons. The van der Waals surface area contributed by atoms with Gasteiger partial charge in [-0.25, -0.2) is 0 Å². The second kappa shape index (κ2) is 7.97. The lowest BCUT2D eigenvalue weighted by Gasteiger charge is -2.17. The number of amides is 1. The van der Waals surface area contributed by atoms with Gasteiger partial charge in [-0.3, -0.25) is 14.9 Å². The first-order valence-corrected chi connectivity index (χ1v) is 8.71. The maximum atomic E-state index is 12.3. The van der Waals surface area contributed by atoms with Crippen molar-refractivity contribution in [2.75, 3.05) is 11.9 Å². The highest BCUT2D eigenvalue weighted by Crippen LogP contribution is 2.24. The zero-order valence-electron chi connectivity index (χ0n) is 15.2. The van der Waals surface area contributed by atoms with E-state index in [0.717, 1.165) is 16.3 Å². The Morgan fingerprint density at radius 1 is 1.11 bits per heavy atom. The van der Waals surface area contributed by atoms with Crippen molar-refractivity contribution in [1.82, 2.24) is 5.32 Å². The molecule has 6 heteroatoms. The topological polar surface area (TPSA) is 84.3 Å². The molecule has 0 saturated heterocycles. The van der Waals surface area contributed by atoms with Gasteiger partial charge in [-0.1, -0.05) is 42.5 Å². The van der Waals surface area contributed by atoms with Crippen LogP contribution in [0.4, 0.5) is 11.4 Å². The van der Waals surface area contributed by atoms with Crippen LogP contribution in [0.1, 0.15) is 24.1 Å². The van der Waals surface area contributed by atoms with Gasteiger partial charge in [0, 0.05) is 23.9 Å². The molecule has 3 rings (SSSR count). The second-order valence-electron chi connectivity index (χ2n) is 6.48. The summed E-state index contributed by atoms with van der Waals surface area (Å²) in [6, 6.07) is 18.7.